The number of pyridine rings is 1. The van der Waals surface area contributed by atoms with Gasteiger partial charge in [0, 0.05) is 29.2 Å². The summed E-state index contributed by atoms with van der Waals surface area (Å²) in [7, 11) is -3.93. The zero-order chi connectivity index (χ0) is 40.4. The maximum Gasteiger partial charge on any atom is 0.408 e. The highest BCUT2D eigenvalue weighted by Crippen LogP contribution is 2.46. The first kappa shape index (κ1) is 38.6. The van der Waals surface area contributed by atoms with Crippen LogP contribution < -0.4 is 20.1 Å². The number of amides is 4. The molecule has 4 amide bonds. The second-order valence-electron chi connectivity index (χ2n) is 16.2. The van der Waals surface area contributed by atoms with Crippen molar-refractivity contribution >= 4 is 66.8 Å². The molecule has 57 heavy (non-hydrogen) atoms. The van der Waals surface area contributed by atoms with Crippen LogP contribution in [0, 0.1) is 24.6 Å². The van der Waals surface area contributed by atoms with Crippen molar-refractivity contribution in [2.24, 2.45) is 11.8 Å². The number of aryl methyl sites for hydroxylation is 1. The first-order valence-electron chi connectivity index (χ1n) is 19.5. The zero-order valence-electron chi connectivity index (χ0n) is 32.0. The smallest absolute Gasteiger partial charge is 0.408 e. The first-order valence-corrected chi connectivity index (χ1v) is 21.1. The van der Waals surface area contributed by atoms with Gasteiger partial charge in [-0.15, -0.1) is 6.58 Å². The zero-order valence-corrected chi connectivity index (χ0v) is 32.8. The van der Waals surface area contributed by atoms with Crippen molar-refractivity contribution in [3.63, 3.8) is 0 Å². The van der Waals surface area contributed by atoms with E-state index in [1.54, 1.807) is 13.8 Å². The highest BCUT2D eigenvalue weighted by atomic mass is 32.2. The van der Waals surface area contributed by atoms with Crippen LogP contribution in [0.3, 0.4) is 0 Å². The third-order valence-electron chi connectivity index (χ3n) is 11.6. The minimum Gasteiger partial charge on any atom is -0.484 e. The number of ether oxygens (including phenoxy) is 2. The van der Waals surface area contributed by atoms with Crippen molar-refractivity contribution in [1.29, 1.82) is 0 Å². The van der Waals surface area contributed by atoms with E-state index in [-0.39, 0.29) is 31.2 Å². The Kier molecular flexibility index (Phi) is 9.89. The van der Waals surface area contributed by atoms with Gasteiger partial charge in [0.05, 0.1) is 17.3 Å². The molecule has 3 saturated carbocycles. The Morgan fingerprint density at radius 2 is 1.81 bits per heavy atom. The molecular weight excluding hydrogens is 758 g/mol. The molecule has 14 nitrogen and oxygen atoms in total. The molecule has 1 aliphatic heterocycles. The molecular formula is C41H46FN5O9S. The summed E-state index contributed by atoms with van der Waals surface area (Å²) in [6.45, 7) is 9.11. The number of fused-ring (bicyclic) bond motifs is 4. The Labute approximate surface area is 328 Å². The average molecular weight is 804 g/mol. The molecule has 3 aliphatic carbocycles. The quantitative estimate of drug-likeness (QED) is 0.159. The van der Waals surface area contributed by atoms with E-state index < -0.39 is 80.5 Å². The molecule has 2 aromatic heterocycles. The molecule has 4 fully saturated rings. The summed E-state index contributed by atoms with van der Waals surface area (Å²) in [4.78, 5) is 61.7. The van der Waals surface area contributed by atoms with Crippen molar-refractivity contribution in [2.75, 3.05) is 6.54 Å². The average Bonchev–Trinajstić information content (AvgIpc) is 3.99. The van der Waals surface area contributed by atoms with E-state index in [0.717, 1.165) is 31.2 Å². The summed E-state index contributed by atoms with van der Waals surface area (Å²) in [5.74, 6) is -3.39. The number of nitrogens with zero attached hydrogens (tertiary/aromatic N) is 2. The SMILES string of the molecule is C=C[C@@H]1C[C@]1(NC(=O)[C@@H]1C[C@@H](Oc2c3ccc(F)cc3nc3c2oc2ccc(C)cc23)CN1C(=O)[C@@H](NC(=O)OC1CCCC1)C(C)C)C(=O)NS(=O)(=O)C1CC1. The van der Waals surface area contributed by atoms with Gasteiger partial charge in [-0.1, -0.05) is 31.6 Å². The van der Waals surface area contributed by atoms with Crippen LogP contribution in [-0.4, -0.2) is 83.7 Å². The molecule has 0 radical (unpaired) electrons. The van der Waals surface area contributed by atoms with Crippen molar-refractivity contribution < 1.29 is 45.9 Å². The Balaban J connectivity index is 1.13. The van der Waals surface area contributed by atoms with Crippen LogP contribution in [0.25, 0.3) is 33.0 Å². The fraction of sp³-hybridized carbons (Fsp3) is 0.488. The number of benzene rings is 2. The fourth-order valence-electron chi connectivity index (χ4n) is 8.18. The topological polar surface area (TPSA) is 186 Å². The summed E-state index contributed by atoms with van der Waals surface area (Å²) >= 11 is 0. The van der Waals surface area contributed by atoms with Crippen LogP contribution in [0.15, 0.2) is 53.5 Å². The number of hydrogen-bond acceptors (Lipinski definition) is 10. The van der Waals surface area contributed by atoms with Gasteiger partial charge < -0.3 is 29.4 Å². The van der Waals surface area contributed by atoms with Gasteiger partial charge in [0.2, 0.25) is 21.8 Å². The summed E-state index contributed by atoms with van der Waals surface area (Å²) in [6, 6.07) is 7.40. The van der Waals surface area contributed by atoms with Gasteiger partial charge in [-0.2, -0.15) is 0 Å². The largest absolute Gasteiger partial charge is 0.484 e. The van der Waals surface area contributed by atoms with Crippen LogP contribution in [0.2, 0.25) is 0 Å². The molecule has 3 heterocycles. The fourth-order valence-corrected chi connectivity index (χ4v) is 9.55. The van der Waals surface area contributed by atoms with E-state index in [2.05, 4.69) is 21.9 Å². The number of carbonyl (C=O) groups is 4. The molecule has 4 aromatic rings. The third-order valence-corrected chi connectivity index (χ3v) is 13.4. The van der Waals surface area contributed by atoms with Gasteiger partial charge in [-0.3, -0.25) is 19.1 Å². The minimum atomic E-state index is -3.93. The maximum atomic E-state index is 14.6. The van der Waals surface area contributed by atoms with Crippen molar-refractivity contribution in [1.82, 2.24) is 25.2 Å². The molecule has 1 saturated heterocycles. The number of sulfonamides is 1. The Hall–Kier alpha value is -5.25. The Bertz CT molecular complexity index is 2430. The monoisotopic (exact) mass is 803 g/mol. The van der Waals surface area contributed by atoms with Gasteiger partial charge in [0.25, 0.3) is 5.91 Å². The number of rotatable bonds is 12. The highest BCUT2D eigenvalue weighted by molar-refractivity contribution is 7.91. The van der Waals surface area contributed by atoms with Gasteiger partial charge in [-0.25, -0.2) is 22.6 Å². The number of alkyl carbamates (subject to hydrolysis) is 1. The highest BCUT2D eigenvalue weighted by Gasteiger charge is 2.62. The standard InChI is InChI=1S/C41H46FN5O9S/c1-5-23-19-41(23,39(50)46-57(52,53)27-12-13-27)45-37(48)31-18-26(20-47(31)38(49)33(21(2)3)44-40(51)55-25-8-6-7-9-25)54-35-28-14-11-24(42)17-30(28)43-34-29-16-22(4)10-15-32(29)56-36(34)35/h5,10-11,14-17,21,23,25-27,31,33H,1,6-9,12-13,18-20H2,2-4H3,(H,44,51)(H,45,48)(H,46,50)/t23-,26-,31+,33+,41-/m1/s1. The third kappa shape index (κ3) is 7.39. The van der Waals surface area contributed by atoms with Gasteiger partial charge in [-0.05, 0) is 82.1 Å². The predicted octanol–water partition coefficient (Wildman–Crippen LogP) is 5.29. The normalized spacial score (nSPS) is 24.2. The number of halogens is 1. The molecule has 2 aromatic carbocycles. The second-order valence-corrected chi connectivity index (χ2v) is 18.2. The van der Waals surface area contributed by atoms with E-state index in [0.29, 0.717) is 45.8 Å². The first-order chi connectivity index (χ1) is 27.2. The molecule has 0 unspecified atom stereocenters. The van der Waals surface area contributed by atoms with Crippen LogP contribution in [0.1, 0.15) is 70.8 Å². The molecule has 4 aliphatic rings. The number of hydrogen-bond donors (Lipinski definition) is 3. The molecule has 302 valence electrons. The van der Waals surface area contributed by atoms with E-state index in [1.807, 2.05) is 25.1 Å². The van der Waals surface area contributed by atoms with Crippen molar-refractivity contribution in [2.45, 2.75) is 107 Å². The number of furan rings is 1. The van der Waals surface area contributed by atoms with Gasteiger partial charge in [0.15, 0.2) is 11.3 Å². The lowest BCUT2D eigenvalue weighted by atomic mass is 10.0. The maximum absolute atomic E-state index is 14.6. The summed E-state index contributed by atoms with van der Waals surface area (Å²) in [5, 5.41) is 5.99. The number of aromatic nitrogens is 1. The lowest BCUT2D eigenvalue weighted by molar-refractivity contribution is -0.141. The Morgan fingerprint density at radius 3 is 2.49 bits per heavy atom. The molecule has 8 rings (SSSR count). The predicted molar refractivity (Wildman–Crippen MR) is 208 cm³/mol. The number of likely N-dealkylation sites (tertiary alicyclic amines) is 1. The van der Waals surface area contributed by atoms with Gasteiger partial charge >= 0.3 is 6.09 Å². The molecule has 5 atom stereocenters. The molecule has 0 spiro atoms. The van der Waals surface area contributed by atoms with Crippen LogP contribution in [0.4, 0.5) is 9.18 Å². The number of nitrogens with one attached hydrogen (secondary N) is 3. The molecule has 16 heteroatoms. The van der Waals surface area contributed by atoms with Crippen LogP contribution in [-0.2, 0) is 29.1 Å². The van der Waals surface area contributed by atoms with Crippen LogP contribution in [0.5, 0.6) is 5.75 Å². The summed E-state index contributed by atoms with van der Waals surface area (Å²) in [5.41, 5.74) is 0.956. The molecule has 0 bridgehead atoms. The number of carbonyl (C=O) groups excluding carboxylic acids is 4. The lowest BCUT2D eigenvalue weighted by Gasteiger charge is -2.31. The van der Waals surface area contributed by atoms with Crippen molar-refractivity contribution in [3.8, 4) is 5.75 Å². The second kappa shape index (κ2) is 14.6. The summed E-state index contributed by atoms with van der Waals surface area (Å²) in [6.07, 6.45) is 3.94. The van der Waals surface area contributed by atoms with Crippen LogP contribution >= 0.6 is 0 Å². The van der Waals surface area contributed by atoms with E-state index in [1.165, 1.54) is 29.2 Å². The van der Waals surface area contributed by atoms with Gasteiger partial charge in [0.1, 0.15) is 46.7 Å². The molecule has 3 N–H and O–H groups in total. The summed E-state index contributed by atoms with van der Waals surface area (Å²) < 4.78 is 60.9. The van der Waals surface area contributed by atoms with E-state index in [4.69, 9.17) is 18.9 Å². The minimum absolute atomic E-state index is 0.0580. The lowest BCUT2D eigenvalue weighted by Crippen LogP contribution is -2.59. The van der Waals surface area contributed by atoms with E-state index >= 15 is 0 Å². The van der Waals surface area contributed by atoms with E-state index in [9.17, 15) is 32.0 Å². The van der Waals surface area contributed by atoms with Crippen molar-refractivity contribution in [3.05, 3.63) is 60.4 Å². The Morgan fingerprint density at radius 1 is 1.05 bits per heavy atom.